The molecule has 0 radical (unpaired) electrons. The Morgan fingerprint density at radius 2 is 2.21 bits per heavy atom. The largest absolute Gasteiger partial charge is 0.397 e. The molecule has 1 saturated heterocycles. The number of morpholine rings is 1. The van der Waals surface area contributed by atoms with Crippen LogP contribution in [0.3, 0.4) is 0 Å². The van der Waals surface area contributed by atoms with Gasteiger partial charge in [-0.2, -0.15) is 0 Å². The Morgan fingerprint density at radius 3 is 2.79 bits per heavy atom. The van der Waals surface area contributed by atoms with Crippen molar-refractivity contribution in [2.45, 2.75) is 19.4 Å². The Bertz CT molecular complexity index is 486. The summed E-state index contributed by atoms with van der Waals surface area (Å²) in [5, 5.41) is 2.60. The summed E-state index contributed by atoms with van der Waals surface area (Å²) >= 11 is 0. The summed E-state index contributed by atoms with van der Waals surface area (Å²) in [6.07, 6.45) is 0. The van der Waals surface area contributed by atoms with Gasteiger partial charge >= 0.3 is 0 Å². The van der Waals surface area contributed by atoms with E-state index in [1.165, 1.54) is 0 Å². The highest BCUT2D eigenvalue weighted by atomic mass is 16.5. The first-order valence-corrected chi connectivity index (χ1v) is 6.43. The molecule has 0 unspecified atom stereocenters. The second-order valence-corrected chi connectivity index (χ2v) is 5.37. The van der Waals surface area contributed by atoms with Gasteiger partial charge in [0, 0.05) is 19.2 Å². The molecule has 0 atom stereocenters. The Kier molecular flexibility index (Phi) is 3.66. The van der Waals surface area contributed by atoms with E-state index in [0.29, 0.717) is 24.5 Å². The molecule has 1 fully saturated rings. The van der Waals surface area contributed by atoms with Gasteiger partial charge in [0.25, 0.3) is 5.91 Å². The molecule has 5 heteroatoms. The molecule has 1 aromatic rings. The van der Waals surface area contributed by atoms with Crippen molar-refractivity contribution in [1.82, 2.24) is 5.32 Å². The number of nitrogen functional groups attached to an aromatic ring is 1. The third-order valence-electron chi connectivity index (χ3n) is 3.45. The first kappa shape index (κ1) is 13.7. The highest BCUT2D eigenvalue weighted by Crippen LogP contribution is 2.32. The fourth-order valence-corrected chi connectivity index (χ4v) is 2.39. The van der Waals surface area contributed by atoms with Crippen LogP contribution in [-0.4, -0.2) is 38.3 Å². The van der Waals surface area contributed by atoms with Gasteiger partial charge in [-0.3, -0.25) is 4.79 Å². The van der Waals surface area contributed by atoms with E-state index in [9.17, 15) is 4.79 Å². The topological polar surface area (TPSA) is 67.6 Å². The second kappa shape index (κ2) is 5.09. The van der Waals surface area contributed by atoms with E-state index in [1.54, 1.807) is 19.2 Å². The number of nitrogens with two attached hydrogens (primary N) is 1. The maximum absolute atomic E-state index is 11.6. The van der Waals surface area contributed by atoms with E-state index in [0.717, 1.165) is 12.2 Å². The minimum atomic E-state index is -0.125. The zero-order chi connectivity index (χ0) is 14.0. The van der Waals surface area contributed by atoms with Crippen LogP contribution in [0.4, 0.5) is 11.4 Å². The minimum Gasteiger partial charge on any atom is -0.397 e. The zero-order valence-corrected chi connectivity index (χ0v) is 11.7. The van der Waals surface area contributed by atoms with Gasteiger partial charge < -0.3 is 20.7 Å². The van der Waals surface area contributed by atoms with E-state index < -0.39 is 0 Å². The van der Waals surface area contributed by atoms with Gasteiger partial charge in [0.2, 0.25) is 0 Å². The Balaban J connectivity index is 2.32. The molecular formula is C14H21N3O2. The molecule has 3 N–H and O–H groups in total. The third kappa shape index (κ3) is 2.66. The first-order chi connectivity index (χ1) is 8.95. The molecule has 19 heavy (non-hydrogen) atoms. The molecule has 1 aliphatic heterocycles. The number of ether oxygens (including phenoxy) is 1. The summed E-state index contributed by atoms with van der Waals surface area (Å²) in [5.41, 5.74) is 8.17. The maximum atomic E-state index is 11.6. The van der Waals surface area contributed by atoms with Gasteiger partial charge in [-0.05, 0) is 32.0 Å². The average Bonchev–Trinajstić information content (AvgIpc) is 2.38. The van der Waals surface area contributed by atoms with Crippen molar-refractivity contribution in [2.75, 3.05) is 37.4 Å². The summed E-state index contributed by atoms with van der Waals surface area (Å²) in [7, 11) is 1.61. The normalized spacial score (nSPS) is 18.2. The van der Waals surface area contributed by atoms with Crippen LogP contribution < -0.4 is 16.0 Å². The van der Waals surface area contributed by atoms with Crippen molar-refractivity contribution in [3.05, 3.63) is 23.8 Å². The molecule has 2 rings (SSSR count). The summed E-state index contributed by atoms with van der Waals surface area (Å²) < 4.78 is 5.51. The van der Waals surface area contributed by atoms with Gasteiger partial charge in [0.1, 0.15) is 0 Å². The van der Waals surface area contributed by atoms with E-state index >= 15 is 0 Å². The van der Waals surface area contributed by atoms with Crippen LogP contribution in [0.1, 0.15) is 24.2 Å². The first-order valence-electron chi connectivity index (χ1n) is 6.43. The number of nitrogens with one attached hydrogen (secondary N) is 1. The second-order valence-electron chi connectivity index (χ2n) is 5.37. The van der Waals surface area contributed by atoms with Crippen LogP contribution in [-0.2, 0) is 4.74 Å². The molecule has 0 spiro atoms. The molecule has 1 amide bonds. The summed E-state index contributed by atoms with van der Waals surface area (Å²) in [4.78, 5) is 13.8. The van der Waals surface area contributed by atoms with Gasteiger partial charge in [-0.1, -0.05) is 0 Å². The summed E-state index contributed by atoms with van der Waals surface area (Å²) in [6, 6.07) is 5.43. The van der Waals surface area contributed by atoms with Crippen LogP contribution in [0.5, 0.6) is 0 Å². The van der Waals surface area contributed by atoms with E-state index in [1.807, 2.05) is 6.07 Å². The Hall–Kier alpha value is -1.75. The lowest BCUT2D eigenvalue weighted by Crippen LogP contribution is -2.53. The molecule has 104 valence electrons. The number of amides is 1. The summed E-state index contributed by atoms with van der Waals surface area (Å²) in [5.74, 6) is -0.125. The van der Waals surface area contributed by atoms with Crippen LogP contribution >= 0.6 is 0 Å². The number of carbonyl (C=O) groups excluding carboxylic acids is 1. The van der Waals surface area contributed by atoms with Gasteiger partial charge in [-0.25, -0.2) is 0 Å². The Morgan fingerprint density at radius 1 is 1.47 bits per heavy atom. The molecular weight excluding hydrogens is 242 g/mol. The van der Waals surface area contributed by atoms with Crippen LogP contribution in [0, 0.1) is 0 Å². The number of benzene rings is 1. The van der Waals surface area contributed by atoms with Crippen LogP contribution in [0.2, 0.25) is 0 Å². The zero-order valence-electron chi connectivity index (χ0n) is 11.7. The predicted octanol–water partition coefficient (Wildman–Crippen LogP) is 1.24. The number of carbonyl (C=O) groups is 1. The fourth-order valence-electron chi connectivity index (χ4n) is 2.39. The molecule has 0 bridgehead atoms. The molecule has 1 aromatic carbocycles. The van der Waals surface area contributed by atoms with Crippen LogP contribution in [0.15, 0.2) is 18.2 Å². The molecule has 0 aromatic heterocycles. The molecule has 5 nitrogen and oxygen atoms in total. The van der Waals surface area contributed by atoms with Crippen molar-refractivity contribution in [3.8, 4) is 0 Å². The van der Waals surface area contributed by atoms with Crippen molar-refractivity contribution in [1.29, 1.82) is 0 Å². The fraction of sp³-hybridized carbons (Fsp3) is 0.500. The molecule has 1 aliphatic rings. The van der Waals surface area contributed by atoms with Crippen molar-refractivity contribution in [3.63, 3.8) is 0 Å². The standard InChI is InChI=1S/C14H21N3O2/c1-14(2)9-19-7-6-17(14)12-5-4-10(8-11(12)15)13(18)16-3/h4-5,8H,6-7,9,15H2,1-3H3,(H,16,18). The molecule has 0 saturated carbocycles. The quantitative estimate of drug-likeness (QED) is 0.788. The lowest BCUT2D eigenvalue weighted by Gasteiger charge is -2.44. The minimum absolute atomic E-state index is 0.0963. The smallest absolute Gasteiger partial charge is 0.251 e. The monoisotopic (exact) mass is 263 g/mol. The average molecular weight is 263 g/mol. The highest BCUT2D eigenvalue weighted by Gasteiger charge is 2.31. The number of rotatable bonds is 2. The molecule has 1 heterocycles. The van der Waals surface area contributed by atoms with Crippen molar-refractivity contribution in [2.24, 2.45) is 0 Å². The van der Waals surface area contributed by atoms with Gasteiger partial charge in [0.15, 0.2) is 0 Å². The predicted molar refractivity (Wildman–Crippen MR) is 76.5 cm³/mol. The van der Waals surface area contributed by atoms with Gasteiger partial charge in [-0.15, -0.1) is 0 Å². The maximum Gasteiger partial charge on any atom is 0.251 e. The number of anilines is 2. The van der Waals surface area contributed by atoms with Gasteiger partial charge in [0.05, 0.1) is 30.1 Å². The van der Waals surface area contributed by atoms with E-state index in [4.69, 9.17) is 10.5 Å². The van der Waals surface area contributed by atoms with Crippen molar-refractivity contribution >= 4 is 17.3 Å². The lowest BCUT2D eigenvalue weighted by atomic mass is 10.00. The van der Waals surface area contributed by atoms with Crippen molar-refractivity contribution < 1.29 is 9.53 Å². The van der Waals surface area contributed by atoms with Crippen LogP contribution in [0.25, 0.3) is 0 Å². The highest BCUT2D eigenvalue weighted by molar-refractivity contribution is 5.96. The van der Waals surface area contributed by atoms with E-state index in [-0.39, 0.29) is 11.4 Å². The number of nitrogens with zero attached hydrogens (tertiary/aromatic N) is 1. The lowest BCUT2D eigenvalue weighted by molar-refractivity contribution is 0.0645. The molecule has 0 aliphatic carbocycles. The van der Waals surface area contributed by atoms with E-state index in [2.05, 4.69) is 24.1 Å². The number of hydrogen-bond donors (Lipinski definition) is 2. The number of hydrogen-bond acceptors (Lipinski definition) is 4. The SMILES string of the molecule is CNC(=O)c1ccc(N2CCOCC2(C)C)c(N)c1. The summed E-state index contributed by atoms with van der Waals surface area (Å²) in [6.45, 7) is 6.41. The third-order valence-corrected chi connectivity index (χ3v) is 3.45. The Labute approximate surface area is 113 Å².